The van der Waals surface area contributed by atoms with Crippen LogP contribution in [0.3, 0.4) is 0 Å². The van der Waals surface area contributed by atoms with Gasteiger partial charge in [-0.1, -0.05) is 38.2 Å². The van der Waals surface area contributed by atoms with E-state index in [1.54, 1.807) is 18.3 Å². The number of hydrogen-bond donors (Lipinski definition) is 3. The summed E-state index contributed by atoms with van der Waals surface area (Å²) in [6.45, 7) is 4.07. The van der Waals surface area contributed by atoms with Gasteiger partial charge in [-0.15, -0.1) is 0 Å². The monoisotopic (exact) mass is 329 g/mol. The molecule has 0 bridgehead atoms. The van der Waals surface area contributed by atoms with Gasteiger partial charge >= 0.3 is 0 Å². The van der Waals surface area contributed by atoms with E-state index in [0.29, 0.717) is 16.7 Å². The highest BCUT2D eigenvalue weighted by atomic mass is 32.1. The molecule has 1 heterocycles. The van der Waals surface area contributed by atoms with E-state index in [-0.39, 0.29) is 17.7 Å². The van der Waals surface area contributed by atoms with Crippen LogP contribution < -0.4 is 10.6 Å². The zero-order valence-corrected chi connectivity index (χ0v) is 13.9. The molecule has 5 nitrogen and oxygen atoms in total. The number of H-pyrrole nitrogens is 1. The molecule has 0 saturated carbocycles. The molecule has 3 N–H and O–H groups in total. The van der Waals surface area contributed by atoms with E-state index in [9.17, 15) is 9.59 Å². The van der Waals surface area contributed by atoms with Crippen LogP contribution in [-0.4, -0.2) is 16.8 Å². The van der Waals surface area contributed by atoms with Gasteiger partial charge in [-0.2, -0.15) is 0 Å². The molecule has 0 spiro atoms. The highest BCUT2D eigenvalue weighted by molar-refractivity contribution is 7.71. The largest absolute Gasteiger partial charge is 0.352 e. The van der Waals surface area contributed by atoms with E-state index < -0.39 is 0 Å². The van der Waals surface area contributed by atoms with Crippen LogP contribution in [0.15, 0.2) is 42.6 Å². The van der Waals surface area contributed by atoms with Gasteiger partial charge in [0.15, 0.2) is 0 Å². The van der Waals surface area contributed by atoms with Crippen LogP contribution in [0.2, 0.25) is 0 Å². The number of hydrogen-bond acceptors (Lipinski definition) is 3. The van der Waals surface area contributed by atoms with Crippen LogP contribution in [0.25, 0.3) is 0 Å². The van der Waals surface area contributed by atoms with Crippen molar-refractivity contribution in [2.45, 2.75) is 20.4 Å². The molecule has 2 aromatic rings. The van der Waals surface area contributed by atoms with Crippen LogP contribution in [-0.2, 0) is 11.3 Å². The molecule has 0 radical (unpaired) electrons. The summed E-state index contributed by atoms with van der Waals surface area (Å²) in [5, 5.41) is 5.64. The van der Waals surface area contributed by atoms with Gasteiger partial charge in [0.25, 0.3) is 5.91 Å². The first-order valence-electron chi connectivity index (χ1n) is 7.33. The molecule has 2 amide bonds. The zero-order chi connectivity index (χ0) is 16.8. The Labute approximate surface area is 140 Å². The number of rotatable bonds is 5. The smallest absolute Gasteiger partial charge is 0.254 e. The molecule has 0 aliphatic heterocycles. The molecule has 0 unspecified atom stereocenters. The van der Waals surface area contributed by atoms with Crippen molar-refractivity contribution in [3.8, 4) is 0 Å². The Bertz CT molecular complexity index is 751. The molecule has 0 aliphatic carbocycles. The zero-order valence-electron chi connectivity index (χ0n) is 13.1. The second kappa shape index (κ2) is 7.69. The van der Waals surface area contributed by atoms with Gasteiger partial charge in [-0.25, -0.2) is 0 Å². The maximum Gasteiger partial charge on any atom is 0.254 e. The third-order valence-electron chi connectivity index (χ3n) is 3.26. The Morgan fingerprint density at radius 1 is 1.17 bits per heavy atom. The molecule has 0 atom stereocenters. The molecule has 2 rings (SSSR count). The topological polar surface area (TPSA) is 74.0 Å². The number of nitrogens with one attached hydrogen (secondary N) is 3. The first kappa shape index (κ1) is 16.9. The normalized spacial score (nSPS) is 10.4. The number of benzene rings is 1. The summed E-state index contributed by atoms with van der Waals surface area (Å²) in [5.74, 6) is -0.308. The average Bonchev–Trinajstić information content (AvgIpc) is 2.54. The van der Waals surface area contributed by atoms with Crippen LogP contribution in [0, 0.1) is 10.6 Å². The van der Waals surface area contributed by atoms with Crippen molar-refractivity contribution in [3.63, 3.8) is 0 Å². The van der Waals surface area contributed by atoms with E-state index in [4.69, 9.17) is 12.2 Å². The Kier molecular flexibility index (Phi) is 5.65. The van der Waals surface area contributed by atoms with Gasteiger partial charge in [-0.3, -0.25) is 9.59 Å². The first-order chi connectivity index (χ1) is 11.0. The molecule has 0 aliphatic rings. The van der Waals surface area contributed by atoms with Crippen molar-refractivity contribution in [3.05, 3.63) is 58.4 Å². The number of pyridine rings is 1. The quantitative estimate of drug-likeness (QED) is 0.737. The second-order valence-corrected chi connectivity index (χ2v) is 5.84. The summed E-state index contributed by atoms with van der Waals surface area (Å²) in [6.07, 6.45) is 1.68. The van der Waals surface area contributed by atoms with Gasteiger partial charge in [0.1, 0.15) is 4.64 Å². The SMILES string of the molecule is CC(C)C(=O)Nc1ccc(CNC(=O)c2ccc[nH]c2=S)cc1. The van der Waals surface area contributed by atoms with Gasteiger partial charge < -0.3 is 15.6 Å². The molecule has 120 valence electrons. The molecule has 0 saturated heterocycles. The molecular formula is C17H19N3O2S. The van der Waals surface area contributed by atoms with Crippen LogP contribution >= 0.6 is 12.2 Å². The minimum absolute atomic E-state index is 0.0237. The van der Waals surface area contributed by atoms with Crippen molar-refractivity contribution in [2.24, 2.45) is 5.92 Å². The fraction of sp³-hybridized carbons (Fsp3) is 0.235. The summed E-state index contributed by atoms with van der Waals surface area (Å²) in [6, 6.07) is 10.8. The summed E-state index contributed by atoms with van der Waals surface area (Å²) in [4.78, 5) is 26.5. The van der Waals surface area contributed by atoms with E-state index in [2.05, 4.69) is 15.6 Å². The number of anilines is 1. The minimum Gasteiger partial charge on any atom is -0.352 e. The van der Waals surface area contributed by atoms with Crippen molar-refractivity contribution < 1.29 is 9.59 Å². The fourth-order valence-corrected chi connectivity index (χ4v) is 2.10. The molecule has 23 heavy (non-hydrogen) atoms. The maximum atomic E-state index is 12.1. The van der Waals surface area contributed by atoms with Gasteiger partial charge in [0, 0.05) is 24.3 Å². The van der Waals surface area contributed by atoms with E-state index in [1.165, 1.54) is 0 Å². The second-order valence-electron chi connectivity index (χ2n) is 5.44. The van der Waals surface area contributed by atoms with Crippen LogP contribution in [0.5, 0.6) is 0 Å². The number of aromatic amines is 1. The lowest BCUT2D eigenvalue weighted by atomic mass is 10.1. The summed E-state index contributed by atoms with van der Waals surface area (Å²) in [7, 11) is 0. The summed E-state index contributed by atoms with van der Waals surface area (Å²) in [5.41, 5.74) is 2.12. The van der Waals surface area contributed by atoms with Crippen molar-refractivity contribution in [1.82, 2.24) is 10.3 Å². The maximum absolute atomic E-state index is 12.1. The van der Waals surface area contributed by atoms with E-state index >= 15 is 0 Å². The standard InChI is InChI=1S/C17H19N3O2S/c1-11(2)15(21)20-13-7-5-12(6-8-13)10-19-16(22)14-4-3-9-18-17(14)23/h3-9,11H,10H2,1-2H3,(H,18,23)(H,19,22)(H,20,21). The predicted octanol–water partition coefficient (Wildman–Crippen LogP) is 3.27. The highest BCUT2D eigenvalue weighted by Gasteiger charge is 2.08. The Hall–Kier alpha value is -2.47. The summed E-state index contributed by atoms with van der Waals surface area (Å²) < 4.78 is 0.414. The van der Waals surface area contributed by atoms with E-state index in [0.717, 1.165) is 11.3 Å². The Balaban J connectivity index is 1.94. The Morgan fingerprint density at radius 3 is 2.48 bits per heavy atom. The molecule has 1 aromatic heterocycles. The van der Waals surface area contributed by atoms with Gasteiger partial charge in [0.2, 0.25) is 5.91 Å². The third kappa shape index (κ3) is 4.75. The van der Waals surface area contributed by atoms with E-state index in [1.807, 2.05) is 38.1 Å². The number of carbonyl (C=O) groups excluding carboxylic acids is 2. The first-order valence-corrected chi connectivity index (χ1v) is 7.74. The lowest BCUT2D eigenvalue weighted by Crippen LogP contribution is -2.23. The lowest BCUT2D eigenvalue weighted by Gasteiger charge is -2.09. The predicted molar refractivity (Wildman–Crippen MR) is 92.7 cm³/mol. The minimum atomic E-state index is -0.218. The Morgan fingerprint density at radius 2 is 1.87 bits per heavy atom. The third-order valence-corrected chi connectivity index (χ3v) is 3.60. The van der Waals surface area contributed by atoms with Crippen molar-refractivity contribution >= 4 is 29.7 Å². The van der Waals surface area contributed by atoms with Crippen molar-refractivity contribution in [1.29, 1.82) is 0 Å². The lowest BCUT2D eigenvalue weighted by molar-refractivity contribution is -0.118. The molecule has 0 fully saturated rings. The number of aromatic nitrogens is 1. The van der Waals surface area contributed by atoms with Crippen LogP contribution in [0.1, 0.15) is 29.8 Å². The van der Waals surface area contributed by atoms with Gasteiger partial charge in [-0.05, 0) is 29.8 Å². The van der Waals surface area contributed by atoms with Crippen LogP contribution in [0.4, 0.5) is 5.69 Å². The number of carbonyl (C=O) groups is 2. The summed E-state index contributed by atoms with van der Waals surface area (Å²) >= 11 is 5.08. The number of amides is 2. The van der Waals surface area contributed by atoms with Gasteiger partial charge in [0.05, 0.1) is 5.56 Å². The highest BCUT2D eigenvalue weighted by Crippen LogP contribution is 2.11. The molecule has 6 heteroatoms. The van der Waals surface area contributed by atoms with Crippen molar-refractivity contribution in [2.75, 3.05) is 5.32 Å². The molecule has 1 aromatic carbocycles. The molecular weight excluding hydrogens is 310 g/mol. The fourth-order valence-electron chi connectivity index (χ4n) is 1.87. The average molecular weight is 329 g/mol.